The Balaban J connectivity index is 1.60. The summed E-state index contributed by atoms with van der Waals surface area (Å²) in [4.78, 5) is 13.4. The topological polar surface area (TPSA) is 69.8 Å². The number of aromatic amines is 1. The van der Waals surface area contributed by atoms with Crippen LogP contribution in [0.15, 0.2) is 35.4 Å². The molecule has 0 saturated heterocycles. The molecule has 23 heavy (non-hydrogen) atoms. The number of aryl methyl sites for hydroxylation is 1. The van der Waals surface area contributed by atoms with Crippen LogP contribution in [0.1, 0.15) is 31.5 Å². The Morgan fingerprint density at radius 1 is 1.39 bits per heavy atom. The Morgan fingerprint density at radius 3 is 3.04 bits per heavy atom. The normalized spacial score (nSPS) is 16.9. The van der Waals surface area contributed by atoms with Crippen molar-refractivity contribution in [2.24, 2.45) is 0 Å². The van der Waals surface area contributed by atoms with Gasteiger partial charge < -0.3 is 10.6 Å². The van der Waals surface area contributed by atoms with Gasteiger partial charge in [-0.3, -0.25) is 5.10 Å². The molecule has 1 heterocycles. The second kappa shape index (κ2) is 7.08. The molecule has 122 valence electrons. The number of fused-ring (bicyclic) bond motifs is 1. The first-order valence-electron chi connectivity index (χ1n) is 7.96. The van der Waals surface area contributed by atoms with E-state index in [9.17, 15) is 4.79 Å². The smallest absolute Gasteiger partial charge is 0.319 e. The highest BCUT2D eigenvalue weighted by Gasteiger charge is 2.21. The maximum atomic E-state index is 12.3. The van der Waals surface area contributed by atoms with Crippen LogP contribution in [0.2, 0.25) is 0 Å². The fraction of sp³-hybridized carbons (Fsp3) is 0.412. The quantitative estimate of drug-likeness (QED) is 0.750. The monoisotopic (exact) mass is 330 g/mol. The fourth-order valence-electron chi connectivity index (χ4n) is 2.81. The van der Waals surface area contributed by atoms with E-state index in [1.807, 2.05) is 30.5 Å². The van der Waals surface area contributed by atoms with E-state index in [-0.39, 0.29) is 12.1 Å². The number of rotatable bonds is 4. The lowest BCUT2D eigenvalue weighted by molar-refractivity contribution is 0.247. The number of hydrogen-bond donors (Lipinski definition) is 3. The number of hydrogen-bond acceptors (Lipinski definition) is 3. The second-order valence-electron chi connectivity index (χ2n) is 6.07. The van der Waals surface area contributed by atoms with Gasteiger partial charge in [0.15, 0.2) is 0 Å². The number of amides is 2. The third-order valence-corrected chi connectivity index (χ3v) is 4.93. The van der Waals surface area contributed by atoms with Crippen LogP contribution in [-0.2, 0) is 12.8 Å². The largest absolute Gasteiger partial charge is 0.335 e. The molecule has 0 saturated carbocycles. The van der Waals surface area contributed by atoms with Crippen molar-refractivity contribution in [1.82, 2.24) is 15.5 Å². The van der Waals surface area contributed by atoms with Crippen molar-refractivity contribution in [3.05, 3.63) is 41.7 Å². The van der Waals surface area contributed by atoms with Crippen LogP contribution in [0.25, 0.3) is 0 Å². The van der Waals surface area contributed by atoms with Crippen LogP contribution in [0, 0.1) is 0 Å². The molecule has 3 N–H and O–H groups in total. The van der Waals surface area contributed by atoms with Crippen LogP contribution in [0.5, 0.6) is 0 Å². The van der Waals surface area contributed by atoms with Gasteiger partial charge in [0, 0.05) is 21.9 Å². The van der Waals surface area contributed by atoms with E-state index in [0.29, 0.717) is 5.25 Å². The summed E-state index contributed by atoms with van der Waals surface area (Å²) in [6.07, 6.45) is 4.56. The average Bonchev–Trinajstić information content (AvgIpc) is 2.96. The van der Waals surface area contributed by atoms with Crippen LogP contribution >= 0.6 is 11.8 Å². The van der Waals surface area contributed by atoms with Gasteiger partial charge in [0.1, 0.15) is 0 Å². The maximum absolute atomic E-state index is 12.3. The van der Waals surface area contributed by atoms with Gasteiger partial charge >= 0.3 is 6.03 Å². The molecule has 5 nitrogen and oxygen atoms in total. The summed E-state index contributed by atoms with van der Waals surface area (Å²) in [6.45, 7) is 4.29. The highest BCUT2D eigenvalue weighted by molar-refractivity contribution is 8.00. The summed E-state index contributed by atoms with van der Waals surface area (Å²) < 4.78 is 0. The Morgan fingerprint density at radius 2 is 2.22 bits per heavy atom. The molecule has 6 heteroatoms. The lowest BCUT2D eigenvalue weighted by Gasteiger charge is -2.23. The second-order valence-corrected chi connectivity index (χ2v) is 7.69. The summed E-state index contributed by atoms with van der Waals surface area (Å²) in [7, 11) is 0. The van der Waals surface area contributed by atoms with Crippen LogP contribution in [0.3, 0.4) is 0 Å². The molecule has 1 aromatic heterocycles. The number of thioether (sulfide) groups is 1. The van der Waals surface area contributed by atoms with E-state index in [0.717, 1.165) is 29.8 Å². The molecule has 1 atom stereocenters. The third-order valence-electron chi connectivity index (χ3n) is 3.85. The van der Waals surface area contributed by atoms with Gasteiger partial charge in [-0.1, -0.05) is 26.0 Å². The van der Waals surface area contributed by atoms with E-state index in [4.69, 9.17) is 0 Å². The standard InChI is InChI=1S/C17H22N4OS/c1-11(2)23-16-6-4-3-5-15(16)20-17(22)19-13-7-8-14-12(9-13)10-18-21-14/h3-6,10-11,13H,7-9H2,1-2H3,(H,18,21)(H2,19,20,22)/t13-/m1/s1. The van der Waals surface area contributed by atoms with Crippen molar-refractivity contribution in [2.45, 2.75) is 49.3 Å². The first-order valence-corrected chi connectivity index (χ1v) is 8.84. The molecule has 1 aliphatic carbocycles. The van der Waals surface area contributed by atoms with E-state index in [1.165, 1.54) is 11.3 Å². The number of urea groups is 1. The van der Waals surface area contributed by atoms with Crippen molar-refractivity contribution in [2.75, 3.05) is 5.32 Å². The van der Waals surface area contributed by atoms with E-state index in [2.05, 4.69) is 34.7 Å². The first-order chi connectivity index (χ1) is 11.1. The van der Waals surface area contributed by atoms with Crippen molar-refractivity contribution < 1.29 is 4.79 Å². The number of benzene rings is 1. The number of para-hydroxylation sites is 1. The molecule has 0 spiro atoms. The number of nitrogens with zero attached hydrogens (tertiary/aromatic N) is 1. The van der Waals surface area contributed by atoms with Gasteiger partial charge in [-0.2, -0.15) is 5.10 Å². The molecule has 2 aromatic rings. The Hall–Kier alpha value is -1.95. The van der Waals surface area contributed by atoms with E-state index >= 15 is 0 Å². The summed E-state index contributed by atoms with van der Waals surface area (Å²) in [6, 6.07) is 7.94. The van der Waals surface area contributed by atoms with Crippen molar-refractivity contribution in [1.29, 1.82) is 0 Å². The van der Waals surface area contributed by atoms with E-state index < -0.39 is 0 Å². The highest BCUT2D eigenvalue weighted by atomic mass is 32.2. The molecule has 3 rings (SSSR count). The number of carbonyl (C=O) groups excluding carboxylic acids is 1. The molecular formula is C17H22N4OS. The number of anilines is 1. The SMILES string of the molecule is CC(C)Sc1ccccc1NC(=O)N[C@@H]1CCc2[nH]ncc2C1. The summed E-state index contributed by atoms with van der Waals surface area (Å²) in [5, 5.41) is 13.6. The molecule has 0 radical (unpaired) electrons. The predicted octanol–water partition coefficient (Wildman–Crippen LogP) is 3.59. The van der Waals surface area contributed by atoms with Crippen LogP contribution in [-0.4, -0.2) is 27.5 Å². The molecule has 0 unspecified atom stereocenters. The molecule has 0 bridgehead atoms. The van der Waals surface area contributed by atoms with Crippen LogP contribution in [0.4, 0.5) is 10.5 Å². The highest BCUT2D eigenvalue weighted by Crippen LogP contribution is 2.30. The predicted molar refractivity (Wildman–Crippen MR) is 94.0 cm³/mol. The van der Waals surface area contributed by atoms with Gasteiger partial charge in [0.2, 0.25) is 0 Å². The molecular weight excluding hydrogens is 308 g/mol. The third kappa shape index (κ3) is 4.07. The molecule has 0 fully saturated rings. The summed E-state index contributed by atoms with van der Waals surface area (Å²) in [5.41, 5.74) is 3.27. The van der Waals surface area contributed by atoms with Gasteiger partial charge in [-0.05, 0) is 37.0 Å². The Bertz CT molecular complexity index is 683. The van der Waals surface area contributed by atoms with E-state index in [1.54, 1.807) is 11.8 Å². The fourth-order valence-corrected chi connectivity index (χ4v) is 3.72. The van der Waals surface area contributed by atoms with Gasteiger partial charge in [0.25, 0.3) is 0 Å². The lowest BCUT2D eigenvalue weighted by atomic mass is 9.94. The minimum Gasteiger partial charge on any atom is -0.335 e. The zero-order chi connectivity index (χ0) is 16.2. The van der Waals surface area contributed by atoms with Gasteiger partial charge in [0.05, 0.1) is 11.9 Å². The lowest BCUT2D eigenvalue weighted by Crippen LogP contribution is -2.41. The number of carbonyl (C=O) groups is 1. The molecule has 2 amide bonds. The summed E-state index contributed by atoms with van der Waals surface area (Å²) >= 11 is 1.75. The Labute approximate surface area is 140 Å². The van der Waals surface area contributed by atoms with Gasteiger partial charge in [-0.25, -0.2) is 4.79 Å². The van der Waals surface area contributed by atoms with Crippen molar-refractivity contribution in [3.63, 3.8) is 0 Å². The maximum Gasteiger partial charge on any atom is 0.319 e. The number of H-pyrrole nitrogens is 1. The van der Waals surface area contributed by atoms with Crippen molar-refractivity contribution in [3.8, 4) is 0 Å². The number of aromatic nitrogens is 2. The van der Waals surface area contributed by atoms with Crippen LogP contribution < -0.4 is 10.6 Å². The Kier molecular flexibility index (Phi) is 4.91. The molecule has 1 aliphatic rings. The minimum atomic E-state index is -0.140. The van der Waals surface area contributed by atoms with Crippen molar-refractivity contribution >= 4 is 23.5 Å². The minimum absolute atomic E-state index is 0.140. The zero-order valence-electron chi connectivity index (χ0n) is 13.4. The molecule has 1 aromatic carbocycles. The number of nitrogens with one attached hydrogen (secondary N) is 3. The molecule has 0 aliphatic heterocycles. The average molecular weight is 330 g/mol. The summed E-state index contributed by atoms with van der Waals surface area (Å²) in [5.74, 6) is 0. The zero-order valence-corrected chi connectivity index (χ0v) is 14.2. The first kappa shape index (κ1) is 15.9. The van der Waals surface area contributed by atoms with Gasteiger partial charge in [-0.15, -0.1) is 11.8 Å².